The Balaban J connectivity index is 1.77. The van der Waals surface area contributed by atoms with Gasteiger partial charge in [-0.05, 0) is 44.7 Å². The summed E-state index contributed by atoms with van der Waals surface area (Å²) in [7, 11) is 0. The first-order valence-corrected chi connectivity index (χ1v) is 11.0. The zero-order valence-corrected chi connectivity index (χ0v) is 18.1. The molecule has 3 aromatic rings. The first-order valence-electron chi connectivity index (χ1n) is 10.2. The molecule has 1 aliphatic heterocycles. The molecule has 2 aromatic heterocycles. The second-order valence-corrected chi connectivity index (χ2v) is 8.84. The van der Waals surface area contributed by atoms with Crippen molar-refractivity contribution in [3.05, 3.63) is 52.9 Å². The Labute approximate surface area is 179 Å². The molecule has 0 radical (unpaired) electrons. The number of para-hydroxylation sites is 1. The van der Waals surface area contributed by atoms with Gasteiger partial charge in [-0.3, -0.25) is 9.79 Å². The van der Waals surface area contributed by atoms with Gasteiger partial charge in [0.25, 0.3) is 0 Å². The van der Waals surface area contributed by atoms with Crippen molar-refractivity contribution in [2.24, 2.45) is 4.99 Å². The summed E-state index contributed by atoms with van der Waals surface area (Å²) in [4.78, 5) is 22.2. The van der Waals surface area contributed by atoms with Gasteiger partial charge in [0.2, 0.25) is 5.91 Å². The number of carbonyl (C=O) groups is 1. The second-order valence-electron chi connectivity index (χ2n) is 7.84. The van der Waals surface area contributed by atoms with E-state index in [0.29, 0.717) is 5.13 Å². The quantitative estimate of drug-likeness (QED) is 0.655. The number of rotatable bonds is 3. The first-order chi connectivity index (χ1) is 14.5. The number of carbonyl (C=O) groups excluding carboxylic acids is 1. The van der Waals surface area contributed by atoms with Crippen molar-refractivity contribution in [1.29, 1.82) is 0 Å². The standard InChI is InChI=1S/C23H23N5OS/c1-13-7-4-5-10-19(13)28-21-16(20(27-28)17-12-11-14(2)24-17)8-6-9-18-22(21)30-23(26-18)25-15(3)29/h4-5,7,10,12H,6,8-9,11H2,1-3H3,(H,25,26,29). The fourth-order valence-electron chi connectivity index (χ4n) is 4.14. The van der Waals surface area contributed by atoms with Gasteiger partial charge in [-0.2, -0.15) is 5.10 Å². The van der Waals surface area contributed by atoms with Gasteiger partial charge < -0.3 is 5.32 Å². The fourth-order valence-corrected chi connectivity index (χ4v) is 5.25. The zero-order valence-electron chi connectivity index (χ0n) is 17.3. The number of anilines is 1. The molecule has 2 aliphatic rings. The van der Waals surface area contributed by atoms with Gasteiger partial charge in [0, 0.05) is 24.6 Å². The number of hydrogen-bond donors (Lipinski definition) is 1. The van der Waals surface area contributed by atoms with Crippen LogP contribution in [0.3, 0.4) is 0 Å². The maximum Gasteiger partial charge on any atom is 0.223 e. The first kappa shape index (κ1) is 18.9. The summed E-state index contributed by atoms with van der Waals surface area (Å²) < 4.78 is 2.06. The van der Waals surface area contributed by atoms with Gasteiger partial charge in [-0.25, -0.2) is 9.67 Å². The van der Waals surface area contributed by atoms with E-state index in [-0.39, 0.29) is 5.91 Å². The molecule has 152 valence electrons. The number of amides is 1. The van der Waals surface area contributed by atoms with Crippen LogP contribution in [0.15, 0.2) is 35.3 Å². The molecule has 0 fully saturated rings. The maximum atomic E-state index is 11.6. The number of aromatic nitrogens is 3. The summed E-state index contributed by atoms with van der Waals surface area (Å²) in [5, 5.41) is 8.59. The number of aryl methyl sites for hydroxylation is 2. The number of allylic oxidation sites excluding steroid dienone is 1. The predicted molar refractivity (Wildman–Crippen MR) is 121 cm³/mol. The van der Waals surface area contributed by atoms with Crippen LogP contribution in [0.4, 0.5) is 5.13 Å². The minimum absolute atomic E-state index is 0.104. The topological polar surface area (TPSA) is 72.2 Å². The van der Waals surface area contributed by atoms with Crippen molar-refractivity contribution in [2.45, 2.75) is 46.5 Å². The van der Waals surface area contributed by atoms with Crippen LogP contribution in [0.1, 0.15) is 49.2 Å². The smallest absolute Gasteiger partial charge is 0.223 e. The number of thiazole rings is 1. The van der Waals surface area contributed by atoms with Crippen molar-refractivity contribution in [3.63, 3.8) is 0 Å². The molecule has 0 saturated heterocycles. The lowest BCUT2D eigenvalue weighted by atomic mass is 10.1. The van der Waals surface area contributed by atoms with Gasteiger partial charge in [-0.1, -0.05) is 35.6 Å². The molecule has 7 heteroatoms. The lowest BCUT2D eigenvalue weighted by Gasteiger charge is -2.10. The molecule has 0 spiro atoms. The Morgan fingerprint density at radius 1 is 1.20 bits per heavy atom. The molecule has 3 heterocycles. The van der Waals surface area contributed by atoms with Gasteiger partial charge >= 0.3 is 0 Å². The summed E-state index contributed by atoms with van der Waals surface area (Å²) in [5.41, 5.74) is 8.60. The van der Waals surface area contributed by atoms with Crippen LogP contribution < -0.4 is 5.32 Å². The molecule has 1 N–H and O–H groups in total. The third-order valence-corrected chi connectivity index (χ3v) is 6.53. The van der Waals surface area contributed by atoms with E-state index < -0.39 is 0 Å². The minimum Gasteiger partial charge on any atom is -0.302 e. The third kappa shape index (κ3) is 3.19. The molecule has 30 heavy (non-hydrogen) atoms. The number of benzene rings is 1. The van der Waals surface area contributed by atoms with E-state index in [4.69, 9.17) is 15.1 Å². The van der Waals surface area contributed by atoms with Crippen LogP contribution in [0.25, 0.3) is 22.0 Å². The summed E-state index contributed by atoms with van der Waals surface area (Å²) in [5.74, 6) is -0.104. The monoisotopic (exact) mass is 417 g/mol. The van der Waals surface area contributed by atoms with Crippen LogP contribution in [0.5, 0.6) is 0 Å². The normalized spacial score (nSPS) is 15.2. The van der Waals surface area contributed by atoms with E-state index >= 15 is 0 Å². The Morgan fingerprint density at radius 3 is 2.77 bits per heavy atom. The van der Waals surface area contributed by atoms with E-state index in [1.165, 1.54) is 23.8 Å². The molecule has 6 nitrogen and oxygen atoms in total. The number of fused-ring (bicyclic) bond motifs is 3. The SMILES string of the molecule is CC(=O)Nc1nc2c(s1)-c1c(c(C3=CCC(C)=N3)nn1-c1ccccc1C)CCC2. The van der Waals surface area contributed by atoms with E-state index in [1.807, 2.05) is 12.1 Å². The highest BCUT2D eigenvalue weighted by Crippen LogP contribution is 2.43. The molecular formula is C23H23N5OS. The van der Waals surface area contributed by atoms with E-state index in [2.05, 4.69) is 42.1 Å². The van der Waals surface area contributed by atoms with Crippen molar-refractivity contribution < 1.29 is 4.79 Å². The van der Waals surface area contributed by atoms with E-state index in [1.54, 1.807) is 0 Å². The Morgan fingerprint density at radius 2 is 2.03 bits per heavy atom. The molecule has 0 saturated carbocycles. The number of hydrogen-bond acceptors (Lipinski definition) is 5. The summed E-state index contributed by atoms with van der Waals surface area (Å²) >= 11 is 1.53. The highest BCUT2D eigenvalue weighted by atomic mass is 32.1. The lowest BCUT2D eigenvalue weighted by molar-refractivity contribution is -0.114. The van der Waals surface area contributed by atoms with Crippen molar-refractivity contribution in [1.82, 2.24) is 14.8 Å². The molecule has 1 aliphatic carbocycles. The molecule has 0 unspecified atom stereocenters. The van der Waals surface area contributed by atoms with Crippen molar-refractivity contribution >= 4 is 33.8 Å². The van der Waals surface area contributed by atoms with E-state index in [0.717, 1.165) is 70.3 Å². The largest absolute Gasteiger partial charge is 0.302 e. The molecule has 0 atom stereocenters. The second kappa shape index (κ2) is 7.32. The Bertz CT molecular complexity index is 1230. The van der Waals surface area contributed by atoms with Crippen molar-refractivity contribution in [3.8, 4) is 16.3 Å². The van der Waals surface area contributed by atoms with E-state index in [9.17, 15) is 4.79 Å². The average molecular weight is 418 g/mol. The number of aliphatic imine (C=N–C) groups is 1. The average Bonchev–Trinajstić information content (AvgIpc) is 3.36. The summed E-state index contributed by atoms with van der Waals surface area (Å²) in [6.07, 6.45) is 5.85. The highest BCUT2D eigenvalue weighted by molar-refractivity contribution is 7.19. The van der Waals surface area contributed by atoms with Crippen molar-refractivity contribution in [2.75, 3.05) is 5.32 Å². The van der Waals surface area contributed by atoms with Gasteiger partial charge in [0.1, 0.15) is 5.69 Å². The van der Waals surface area contributed by atoms with Gasteiger partial charge in [0.05, 0.1) is 27.6 Å². The summed E-state index contributed by atoms with van der Waals surface area (Å²) in [6.45, 7) is 5.68. The van der Waals surface area contributed by atoms with Crippen LogP contribution >= 0.6 is 11.3 Å². The third-order valence-electron chi connectivity index (χ3n) is 5.51. The van der Waals surface area contributed by atoms with Crippen LogP contribution in [0, 0.1) is 6.92 Å². The molecule has 5 rings (SSSR count). The number of nitrogens with one attached hydrogen (secondary N) is 1. The minimum atomic E-state index is -0.104. The maximum absolute atomic E-state index is 11.6. The van der Waals surface area contributed by atoms with Crippen LogP contribution in [-0.4, -0.2) is 26.4 Å². The molecular weight excluding hydrogens is 394 g/mol. The highest BCUT2D eigenvalue weighted by Gasteiger charge is 2.29. The molecule has 1 aromatic carbocycles. The fraction of sp³-hybridized carbons (Fsp3) is 0.304. The predicted octanol–water partition coefficient (Wildman–Crippen LogP) is 4.96. The number of nitrogens with zero attached hydrogens (tertiary/aromatic N) is 4. The summed E-state index contributed by atoms with van der Waals surface area (Å²) in [6, 6.07) is 8.29. The van der Waals surface area contributed by atoms with Crippen LogP contribution in [0.2, 0.25) is 0 Å². The molecule has 0 bridgehead atoms. The van der Waals surface area contributed by atoms with Gasteiger partial charge in [-0.15, -0.1) is 0 Å². The molecule has 1 amide bonds. The zero-order chi connectivity index (χ0) is 20.8. The van der Waals surface area contributed by atoms with Crippen LogP contribution in [-0.2, 0) is 17.6 Å². The van der Waals surface area contributed by atoms with Gasteiger partial charge in [0.15, 0.2) is 5.13 Å². The lowest BCUT2D eigenvalue weighted by Crippen LogP contribution is -2.05. The Hall–Kier alpha value is -3.06. The Kier molecular flexibility index (Phi) is 4.62.